The van der Waals surface area contributed by atoms with Crippen LogP contribution in [0.3, 0.4) is 0 Å². The summed E-state index contributed by atoms with van der Waals surface area (Å²) in [6.45, 7) is 6.64. The summed E-state index contributed by atoms with van der Waals surface area (Å²) in [6, 6.07) is 0. The normalized spacial score (nSPS) is 12.4. The van der Waals surface area contributed by atoms with E-state index in [1.165, 1.54) is 193 Å². The zero-order valence-corrected chi connectivity index (χ0v) is 48.7. The maximum atomic E-state index is 12.9. The molecule has 73 heavy (non-hydrogen) atoms. The van der Waals surface area contributed by atoms with E-state index in [-0.39, 0.29) is 31.1 Å². The number of esters is 3. The molecule has 6 nitrogen and oxygen atoms in total. The summed E-state index contributed by atoms with van der Waals surface area (Å²) in [6.07, 6.45) is 77.9. The quantitative estimate of drug-likeness (QED) is 0.0261. The molecule has 0 bridgehead atoms. The predicted octanol–water partition coefficient (Wildman–Crippen LogP) is 21.6. The summed E-state index contributed by atoms with van der Waals surface area (Å²) in [5.74, 6) is -0.879. The first-order valence-corrected chi connectivity index (χ1v) is 31.8. The minimum Gasteiger partial charge on any atom is -0.462 e. The van der Waals surface area contributed by atoms with E-state index in [2.05, 4.69) is 81.5 Å². The molecular weight excluding hydrogens is 901 g/mol. The summed E-state index contributed by atoms with van der Waals surface area (Å²) < 4.78 is 16.9. The molecule has 0 amide bonds. The van der Waals surface area contributed by atoms with Crippen molar-refractivity contribution in [2.24, 2.45) is 0 Å². The van der Waals surface area contributed by atoms with Gasteiger partial charge in [-0.1, -0.05) is 281 Å². The topological polar surface area (TPSA) is 78.9 Å². The van der Waals surface area contributed by atoms with Crippen LogP contribution in [0.5, 0.6) is 0 Å². The molecule has 0 saturated carbocycles. The van der Waals surface area contributed by atoms with Gasteiger partial charge in [-0.15, -0.1) is 0 Å². The number of rotatable bonds is 58. The Balaban J connectivity index is 4.31. The Morgan fingerprint density at radius 1 is 0.274 bits per heavy atom. The molecule has 0 N–H and O–H groups in total. The number of hydrogen-bond donors (Lipinski definition) is 0. The van der Waals surface area contributed by atoms with Gasteiger partial charge in [-0.3, -0.25) is 14.4 Å². The van der Waals surface area contributed by atoms with Crippen molar-refractivity contribution in [3.05, 3.63) is 60.8 Å². The average Bonchev–Trinajstić information content (AvgIpc) is 3.39. The predicted molar refractivity (Wildman–Crippen MR) is 316 cm³/mol. The number of allylic oxidation sites excluding steroid dienone is 10. The SMILES string of the molecule is CCCCCC/C=C\C/C=C\CCCCCCCC(=O)OC(COC(=O)CCCCCCCCCCCC/C=C\C/C=C\C/C=C\CCCCCCC)COC(=O)CCCCCCCCCCCCCCCC. The minimum absolute atomic E-state index is 0.0780. The Morgan fingerprint density at radius 2 is 0.493 bits per heavy atom. The van der Waals surface area contributed by atoms with Crippen LogP contribution in [-0.2, 0) is 28.6 Å². The second-order valence-corrected chi connectivity index (χ2v) is 21.3. The van der Waals surface area contributed by atoms with Gasteiger partial charge >= 0.3 is 17.9 Å². The van der Waals surface area contributed by atoms with E-state index in [0.29, 0.717) is 19.3 Å². The zero-order chi connectivity index (χ0) is 52.9. The maximum absolute atomic E-state index is 12.9. The van der Waals surface area contributed by atoms with Gasteiger partial charge in [0.05, 0.1) is 0 Å². The molecule has 0 spiro atoms. The number of hydrogen-bond acceptors (Lipinski definition) is 6. The molecular formula is C67H120O6. The van der Waals surface area contributed by atoms with E-state index in [1.54, 1.807) is 0 Å². The molecule has 0 radical (unpaired) electrons. The summed E-state index contributed by atoms with van der Waals surface area (Å²) in [4.78, 5) is 38.3. The third-order valence-electron chi connectivity index (χ3n) is 14.0. The Bertz CT molecular complexity index is 1310. The third-order valence-corrected chi connectivity index (χ3v) is 14.0. The van der Waals surface area contributed by atoms with Crippen molar-refractivity contribution in [3.63, 3.8) is 0 Å². The van der Waals surface area contributed by atoms with E-state index in [0.717, 1.165) is 96.3 Å². The molecule has 0 aliphatic carbocycles. The van der Waals surface area contributed by atoms with Crippen molar-refractivity contribution >= 4 is 17.9 Å². The van der Waals surface area contributed by atoms with Crippen LogP contribution >= 0.6 is 0 Å². The highest BCUT2D eigenvalue weighted by Crippen LogP contribution is 2.16. The largest absolute Gasteiger partial charge is 0.462 e. The van der Waals surface area contributed by atoms with Crippen LogP contribution in [0.25, 0.3) is 0 Å². The van der Waals surface area contributed by atoms with E-state index >= 15 is 0 Å². The van der Waals surface area contributed by atoms with Crippen LogP contribution in [0.15, 0.2) is 60.8 Å². The average molecular weight is 1020 g/mol. The lowest BCUT2D eigenvalue weighted by Gasteiger charge is -2.18. The molecule has 424 valence electrons. The van der Waals surface area contributed by atoms with Crippen LogP contribution in [0.1, 0.15) is 329 Å². The van der Waals surface area contributed by atoms with Crippen LogP contribution in [0.2, 0.25) is 0 Å². The fraction of sp³-hybridized carbons (Fsp3) is 0.806. The van der Waals surface area contributed by atoms with Crippen molar-refractivity contribution in [1.82, 2.24) is 0 Å². The summed E-state index contributed by atoms with van der Waals surface area (Å²) >= 11 is 0. The molecule has 1 unspecified atom stereocenters. The van der Waals surface area contributed by atoms with Crippen LogP contribution < -0.4 is 0 Å². The van der Waals surface area contributed by atoms with Crippen LogP contribution in [0, 0.1) is 0 Å². The van der Waals surface area contributed by atoms with Crippen LogP contribution in [0.4, 0.5) is 0 Å². The molecule has 0 fully saturated rings. The number of carbonyl (C=O) groups is 3. The summed E-state index contributed by atoms with van der Waals surface area (Å²) in [5, 5.41) is 0. The molecule has 1 atom stereocenters. The second kappa shape index (κ2) is 61.7. The number of unbranched alkanes of at least 4 members (excludes halogenated alkanes) is 37. The highest BCUT2D eigenvalue weighted by Gasteiger charge is 2.19. The summed E-state index contributed by atoms with van der Waals surface area (Å²) in [5.41, 5.74) is 0. The monoisotopic (exact) mass is 1020 g/mol. The minimum atomic E-state index is -0.782. The molecule has 0 aliphatic rings. The van der Waals surface area contributed by atoms with Crippen molar-refractivity contribution in [1.29, 1.82) is 0 Å². The van der Waals surface area contributed by atoms with E-state index in [4.69, 9.17) is 14.2 Å². The van der Waals surface area contributed by atoms with Gasteiger partial charge in [0.25, 0.3) is 0 Å². The van der Waals surface area contributed by atoms with Gasteiger partial charge in [0.1, 0.15) is 13.2 Å². The lowest BCUT2D eigenvalue weighted by Crippen LogP contribution is -2.30. The smallest absolute Gasteiger partial charge is 0.306 e. The Morgan fingerprint density at radius 3 is 0.781 bits per heavy atom. The van der Waals surface area contributed by atoms with Crippen molar-refractivity contribution in [3.8, 4) is 0 Å². The van der Waals surface area contributed by atoms with Gasteiger partial charge in [0, 0.05) is 19.3 Å². The highest BCUT2D eigenvalue weighted by atomic mass is 16.6. The molecule has 0 aliphatic heterocycles. The first-order valence-electron chi connectivity index (χ1n) is 31.8. The van der Waals surface area contributed by atoms with Gasteiger partial charge in [0.15, 0.2) is 6.10 Å². The fourth-order valence-electron chi connectivity index (χ4n) is 9.19. The van der Waals surface area contributed by atoms with Gasteiger partial charge < -0.3 is 14.2 Å². The van der Waals surface area contributed by atoms with Crippen molar-refractivity contribution in [2.45, 2.75) is 335 Å². The first-order chi connectivity index (χ1) is 36.0. The molecule has 0 heterocycles. The number of carbonyl (C=O) groups excluding carboxylic acids is 3. The van der Waals surface area contributed by atoms with Gasteiger partial charge in [-0.05, 0) is 89.9 Å². The van der Waals surface area contributed by atoms with Crippen molar-refractivity contribution in [2.75, 3.05) is 13.2 Å². The fourth-order valence-corrected chi connectivity index (χ4v) is 9.19. The van der Waals surface area contributed by atoms with Gasteiger partial charge in [0.2, 0.25) is 0 Å². The van der Waals surface area contributed by atoms with Crippen LogP contribution in [-0.4, -0.2) is 37.2 Å². The van der Waals surface area contributed by atoms with Crippen molar-refractivity contribution < 1.29 is 28.6 Å². The van der Waals surface area contributed by atoms with Gasteiger partial charge in [-0.25, -0.2) is 0 Å². The lowest BCUT2D eigenvalue weighted by molar-refractivity contribution is -0.167. The zero-order valence-electron chi connectivity index (χ0n) is 48.7. The maximum Gasteiger partial charge on any atom is 0.306 e. The standard InChI is InChI=1S/C67H120O6/c1-4-7-10-13-16-19-22-25-28-30-31-32-33-34-35-36-37-38-40-42-45-48-51-54-57-60-66(69)72-63-64(62-71-65(68)59-56-53-50-47-44-41-27-24-21-18-15-12-9-6-3)73-67(70)61-58-55-52-49-46-43-39-29-26-23-20-17-14-11-8-5-2/h20,22-23,25,29-31,33-34,39,64H,4-19,21,24,26-28,32,35-38,40-63H2,1-3H3/b23-20-,25-22-,31-30-,34-33-,39-29-. The molecule has 0 aromatic rings. The van der Waals surface area contributed by atoms with E-state index in [1.807, 2.05) is 0 Å². The highest BCUT2D eigenvalue weighted by molar-refractivity contribution is 5.71. The first kappa shape index (κ1) is 70.1. The summed E-state index contributed by atoms with van der Waals surface area (Å²) in [7, 11) is 0. The molecule has 0 rings (SSSR count). The molecule has 0 aromatic carbocycles. The van der Waals surface area contributed by atoms with E-state index < -0.39 is 6.10 Å². The molecule has 6 heteroatoms. The lowest BCUT2D eigenvalue weighted by atomic mass is 10.0. The Hall–Kier alpha value is -2.89. The molecule has 0 saturated heterocycles. The number of ether oxygens (including phenoxy) is 3. The Kier molecular flexibility index (Phi) is 59.2. The molecule has 0 aromatic heterocycles. The Labute approximate surface area is 453 Å². The van der Waals surface area contributed by atoms with Gasteiger partial charge in [-0.2, -0.15) is 0 Å². The third kappa shape index (κ3) is 59.9. The van der Waals surface area contributed by atoms with E-state index in [9.17, 15) is 14.4 Å². The second-order valence-electron chi connectivity index (χ2n) is 21.3.